The average Bonchev–Trinajstić information content (AvgIpc) is 2.92. The molecule has 1 N–H and O–H groups in total. The highest BCUT2D eigenvalue weighted by atomic mass is 79.9. The van der Waals surface area contributed by atoms with Crippen LogP contribution in [0.2, 0.25) is 0 Å². The third-order valence-corrected chi connectivity index (χ3v) is 4.77. The minimum atomic E-state index is 0.342. The number of hydrogen-bond acceptors (Lipinski definition) is 3. The second-order valence-electron chi connectivity index (χ2n) is 4.64. The Balaban J connectivity index is 1.91. The van der Waals surface area contributed by atoms with Gasteiger partial charge in [0, 0.05) is 21.8 Å². The van der Waals surface area contributed by atoms with E-state index in [9.17, 15) is 0 Å². The van der Waals surface area contributed by atoms with Crippen molar-refractivity contribution >= 4 is 27.3 Å². The van der Waals surface area contributed by atoms with Gasteiger partial charge in [-0.05, 0) is 42.6 Å². The standard InChI is InChI=1S/C16H20BrNOS/c1-3-18-12(2)15-7-6-13(11-16(15)17)19-9-8-14-5-4-10-20-14/h4-7,10-12,18H,3,8-9H2,1-2H3. The summed E-state index contributed by atoms with van der Waals surface area (Å²) in [5.74, 6) is 0.917. The highest BCUT2D eigenvalue weighted by Gasteiger charge is 2.09. The van der Waals surface area contributed by atoms with Gasteiger partial charge in [0.2, 0.25) is 0 Å². The molecular weight excluding hydrogens is 334 g/mol. The molecular formula is C16H20BrNOS. The molecule has 2 rings (SSSR count). The minimum Gasteiger partial charge on any atom is -0.493 e. The van der Waals surface area contributed by atoms with Gasteiger partial charge in [-0.3, -0.25) is 0 Å². The maximum absolute atomic E-state index is 5.81. The van der Waals surface area contributed by atoms with Crippen LogP contribution in [-0.4, -0.2) is 13.2 Å². The van der Waals surface area contributed by atoms with Crippen molar-refractivity contribution in [1.29, 1.82) is 0 Å². The van der Waals surface area contributed by atoms with Gasteiger partial charge in [0.1, 0.15) is 5.75 Å². The Morgan fingerprint density at radius 3 is 2.85 bits per heavy atom. The molecule has 1 aromatic carbocycles. The van der Waals surface area contributed by atoms with E-state index in [1.807, 2.05) is 6.07 Å². The molecule has 1 unspecified atom stereocenters. The number of halogens is 1. The summed E-state index contributed by atoms with van der Waals surface area (Å²) in [5.41, 5.74) is 1.26. The maximum Gasteiger partial charge on any atom is 0.120 e. The fourth-order valence-electron chi connectivity index (χ4n) is 2.09. The molecule has 0 amide bonds. The van der Waals surface area contributed by atoms with Crippen LogP contribution in [0.15, 0.2) is 40.2 Å². The predicted molar refractivity (Wildman–Crippen MR) is 89.8 cm³/mol. The summed E-state index contributed by atoms with van der Waals surface area (Å²) in [6, 6.07) is 10.8. The van der Waals surface area contributed by atoms with Crippen LogP contribution in [0.5, 0.6) is 5.75 Å². The Labute approximate surface area is 133 Å². The summed E-state index contributed by atoms with van der Waals surface area (Å²) in [4.78, 5) is 1.36. The number of nitrogens with one attached hydrogen (secondary N) is 1. The van der Waals surface area contributed by atoms with E-state index in [0.29, 0.717) is 6.04 Å². The highest BCUT2D eigenvalue weighted by Crippen LogP contribution is 2.27. The molecule has 0 fully saturated rings. The zero-order valence-electron chi connectivity index (χ0n) is 11.9. The molecule has 4 heteroatoms. The first-order valence-corrected chi connectivity index (χ1v) is 8.56. The molecule has 108 valence electrons. The molecule has 1 heterocycles. The van der Waals surface area contributed by atoms with Crippen molar-refractivity contribution in [3.8, 4) is 5.75 Å². The predicted octanol–water partition coefficient (Wildman–Crippen LogP) is 4.80. The Morgan fingerprint density at radius 2 is 2.20 bits per heavy atom. The quantitative estimate of drug-likeness (QED) is 0.771. The van der Waals surface area contributed by atoms with Crippen LogP contribution in [0, 0.1) is 0 Å². The van der Waals surface area contributed by atoms with Crippen LogP contribution in [0.4, 0.5) is 0 Å². The molecule has 1 aromatic heterocycles. The Morgan fingerprint density at radius 1 is 1.35 bits per heavy atom. The van der Waals surface area contributed by atoms with Crippen molar-refractivity contribution in [2.75, 3.05) is 13.2 Å². The van der Waals surface area contributed by atoms with Gasteiger partial charge in [-0.25, -0.2) is 0 Å². The van der Waals surface area contributed by atoms with Gasteiger partial charge in [0.25, 0.3) is 0 Å². The van der Waals surface area contributed by atoms with Gasteiger partial charge in [-0.1, -0.05) is 35.0 Å². The molecule has 0 radical (unpaired) electrons. The average molecular weight is 354 g/mol. The van der Waals surface area contributed by atoms with Crippen LogP contribution in [0.1, 0.15) is 30.3 Å². The molecule has 20 heavy (non-hydrogen) atoms. The van der Waals surface area contributed by atoms with Crippen molar-refractivity contribution in [2.24, 2.45) is 0 Å². The first-order valence-electron chi connectivity index (χ1n) is 6.88. The van der Waals surface area contributed by atoms with Crippen LogP contribution < -0.4 is 10.1 Å². The van der Waals surface area contributed by atoms with Crippen molar-refractivity contribution < 1.29 is 4.74 Å². The monoisotopic (exact) mass is 353 g/mol. The van der Waals surface area contributed by atoms with Crippen molar-refractivity contribution in [1.82, 2.24) is 5.32 Å². The molecule has 0 aliphatic rings. The summed E-state index contributed by atoms with van der Waals surface area (Å²) in [6.45, 7) is 5.97. The van der Waals surface area contributed by atoms with E-state index in [4.69, 9.17) is 4.74 Å². The summed E-state index contributed by atoms with van der Waals surface area (Å²) < 4.78 is 6.91. The summed E-state index contributed by atoms with van der Waals surface area (Å²) in [7, 11) is 0. The molecule has 0 aliphatic heterocycles. The normalized spacial score (nSPS) is 12.3. The lowest BCUT2D eigenvalue weighted by atomic mass is 10.1. The largest absolute Gasteiger partial charge is 0.493 e. The van der Waals surface area contributed by atoms with Gasteiger partial charge in [0.05, 0.1) is 6.61 Å². The first kappa shape index (κ1) is 15.5. The zero-order chi connectivity index (χ0) is 14.4. The molecule has 1 atom stereocenters. The molecule has 2 aromatic rings. The molecule has 0 spiro atoms. The van der Waals surface area contributed by atoms with Gasteiger partial charge >= 0.3 is 0 Å². The van der Waals surface area contributed by atoms with Gasteiger partial charge in [-0.2, -0.15) is 0 Å². The summed E-state index contributed by atoms with van der Waals surface area (Å²) in [5, 5.41) is 5.51. The lowest BCUT2D eigenvalue weighted by molar-refractivity contribution is 0.322. The van der Waals surface area contributed by atoms with E-state index >= 15 is 0 Å². The number of hydrogen-bond donors (Lipinski definition) is 1. The summed E-state index contributed by atoms with van der Waals surface area (Å²) in [6.07, 6.45) is 0.963. The van der Waals surface area contributed by atoms with E-state index in [1.54, 1.807) is 11.3 Å². The Kier molecular flexibility index (Phi) is 6.07. The molecule has 0 bridgehead atoms. The van der Waals surface area contributed by atoms with Crippen molar-refractivity contribution in [2.45, 2.75) is 26.3 Å². The van der Waals surface area contributed by atoms with Crippen molar-refractivity contribution in [3.63, 3.8) is 0 Å². The van der Waals surface area contributed by atoms with Crippen LogP contribution in [-0.2, 0) is 6.42 Å². The number of ether oxygens (including phenoxy) is 1. The highest BCUT2D eigenvalue weighted by molar-refractivity contribution is 9.10. The SMILES string of the molecule is CCNC(C)c1ccc(OCCc2cccs2)cc1Br. The van der Waals surface area contributed by atoms with E-state index in [0.717, 1.165) is 29.8 Å². The lowest BCUT2D eigenvalue weighted by Gasteiger charge is -2.15. The molecule has 0 aliphatic carbocycles. The summed E-state index contributed by atoms with van der Waals surface area (Å²) >= 11 is 5.41. The van der Waals surface area contributed by atoms with E-state index in [-0.39, 0.29) is 0 Å². The molecule has 0 saturated carbocycles. The minimum absolute atomic E-state index is 0.342. The molecule has 2 nitrogen and oxygen atoms in total. The second-order valence-corrected chi connectivity index (χ2v) is 6.53. The maximum atomic E-state index is 5.81. The lowest BCUT2D eigenvalue weighted by Crippen LogP contribution is -2.18. The second kappa shape index (κ2) is 7.81. The van der Waals surface area contributed by atoms with E-state index in [1.165, 1.54) is 10.4 Å². The van der Waals surface area contributed by atoms with E-state index < -0.39 is 0 Å². The van der Waals surface area contributed by atoms with Gasteiger partial charge in [0.15, 0.2) is 0 Å². The number of benzene rings is 1. The third kappa shape index (κ3) is 4.33. The molecule has 0 saturated heterocycles. The third-order valence-electron chi connectivity index (χ3n) is 3.15. The topological polar surface area (TPSA) is 21.3 Å². The van der Waals surface area contributed by atoms with Crippen LogP contribution in [0.25, 0.3) is 0 Å². The van der Waals surface area contributed by atoms with E-state index in [2.05, 4.69) is 64.7 Å². The number of thiophene rings is 1. The fraction of sp³-hybridized carbons (Fsp3) is 0.375. The Hall–Kier alpha value is -0.840. The zero-order valence-corrected chi connectivity index (χ0v) is 14.3. The first-order chi connectivity index (χ1) is 9.70. The van der Waals surface area contributed by atoms with Gasteiger partial charge in [-0.15, -0.1) is 11.3 Å². The number of rotatable bonds is 7. The smallest absolute Gasteiger partial charge is 0.120 e. The van der Waals surface area contributed by atoms with Crippen LogP contribution >= 0.6 is 27.3 Å². The fourth-order valence-corrected chi connectivity index (χ4v) is 3.48. The van der Waals surface area contributed by atoms with Crippen molar-refractivity contribution in [3.05, 3.63) is 50.6 Å². The van der Waals surface area contributed by atoms with Gasteiger partial charge < -0.3 is 10.1 Å². The van der Waals surface area contributed by atoms with Crippen LogP contribution in [0.3, 0.4) is 0 Å². The Bertz CT molecular complexity index is 527.